The zero-order valence-electron chi connectivity index (χ0n) is 9.21. The smallest absolute Gasteiger partial charge is 0.198 e. The largest absolute Gasteiger partial charge is 0.453 e. The van der Waals surface area contributed by atoms with Gasteiger partial charge >= 0.3 is 0 Å². The first-order valence-electron chi connectivity index (χ1n) is 5.08. The van der Waals surface area contributed by atoms with Gasteiger partial charge < -0.3 is 4.42 Å². The standard InChI is InChI=1S/C12H12ClFN2O/c1-7-6-8(2-3-10(7)14)11(16-15)9-4-5-17-12(9)13/h2-6,11,16H,15H2,1H3. The molecule has 0 saturated heterocycles. The molecule has 0 radical (unpaired) electrons. The Labute approximate surface area is 103 Å². The van der Waals surface area contributed by atoms with Gasteiger partial charge in [0.05, 0.1) is 12.3 Å². The van der Waals surface area contributed by atoms with Gasteiger partial charge in [-0.15, -0.1) is 0 Å². The van der Waals surface area contributed by atoms with Crippen molar-refractivity contribution in [1.82, 2.24) is 5.43 Å². The number of hydrazine groups is 1. The number of hydrogen-bond acceptors (Lipinski definition) is 3. The van der Waals surface area contributed by atoms with Crippen LogP contribution in [0.1, 0.15) is 22.7 Å². The van der Waals surface area contributed by atoms with Gasteiger partial charge in [0.25, 0.3) is 0 Å². The van der Waals surface area contributed by atoms with Crippen molar-refractivity contribution in [2.45, 2.75) is 13.0 Å². The summed E-state index contributed by atoms with van der Waals surface area (Å²) < 4.78 is 18.2. The molecule has 0 fully saturated rings. The lowest BCUT2D eigenvalue weighted by Crippen LogP contribution is -2.28. The minimum Gasteiger partial charge on any atom is -0.453 e. The Bertz CT molecular complexity index is 527. The van der Waals surface area contributed by atoms with E-state index >= 15 is 0 Å². The molecule has 1 heterocycles. The molecule has 2 aromatic rings. The third-order valence-corrected chi connectivity index (χ3v) is 2.95. The quantitative estimate of drug-likeness (QED) is 0.654. The maximum absolute atomic E-state index is 13.2. The predicted molar refractivity (Wildman–Crippen MR) is 64.0 cm³/mol. The molecular weight excluding hydrogens is 243 g/mol. The zero-order chi connectivity index (χ0) is 12.4. The Hall–Kier alpha value is -1.36. The molecule has 0 spiro atoms. The van der Waals surface area contributed by atoms with Crippen LogP contribution in [0.25, 0.3) is 0 Å². The molecule has 0 amide bonds. The van der Waals surface area contributed by atoms with Crippen LogP contribution < -0.4 is 11.3 Å². The topological polar surface area (TPSA) is 51.2 Å². The highest BCUT2D eigenvalue weighted by molar-refractivity contribution is 6.29. The third-order valence-electron chi connectivity index (χ3n) is 2.64. The van der Waals surface area contributed by atoms with E-state index < -0.39 is 0 Å². The van der Waals surface area contributed by atoms with E-state index in [0.29, 0.717) is 5.56 Å². The van der Waals surface area contributed by atoms with Crippen molar-refractivity contribution in [2.75, 3.05) is 0 Å². The highest BCUT2D eigenvalue weighted by Crippen LogP contribution is 2.29. The summed E-state index contributed by atoms with van der Waals surface area (Å²) in [6.07, 6.45) is 1.48. The second-order valence-corrected chi connectivity index (χ2v) is 4.10. The van der Waals surface area contributed by atoms with E-state index in [0.717, 1.165) is 11.1 Å². The molecule has 90 valence electrons. The summed E-state index contributed by atoms with van der Waals surface area (Å²) in [5.74, 6) is 5.26. The number of aryl methyl sites for hydroxylation is 1. The van der Waals surface area contributed by atoms with Crippen molar-refractivity contribution < 1.29 is 8.81 Å². The van der Waals surface area contributed by atoms with Gasteiger partial charge in [-0.3, -0.25) is 5.84 Å². The van der Waals surface area contributed by atoms with Crippen molar-refractivity contribution in [3.05, 3.63) is 58.3 Å². The van der Waals surface area contributed by atoms with Gasteiger partial charge in [-0.2, -0.15) is 0 Å². The van der Waals surface area contributed by atoms with E-state index in [9.17, 15) is 4.39 Å². The molecule has 5 heteroatoms. The van der Waals surface area contributed by atoms with E-state index in [4.69, 9.17) is 21.9 Å². The highest BCUT2D eigenvalue weighted by Gasteiger charge is 2.18. The van der Waals surface area contributed by atoms with Crippen LogP contribution in [0, 0.1) is 12.7 Å². The first kappa shape index (κ1) is 12.1. The monoisotopic (exact) mass is 254 g/mol. The lowest BCUT2D eigenvalue weighted by molar-refractivity contribution is 0.555. The Morgan fingerprint density at radius 2 is 2.18 bits per heavy atom. The molecule has 2 rings (SSSR count). The summed E-state index contributed by atoms with van der Waals surface area (Å²) in [4.78, 5) is 0. The minimum atomic E-state index is -0.319. The molecular formula is C12H12ClFN2O. The number of halogens is 2. The lowest BCUT2D eigenvalue weighted by atomic mass is 10.00. The lowest BCUT2D eigenvalue weighted by Gasteiger charge is -2.15. The van der Waals surface area contributed by atoms with Crippen LogP contribution in [0.15, 0.2) is 34.9 Å². The average Bonchev–Trinajstić information content (AvgIpc) is 2.71. The molecule has 0 aliphatic rings. The van der Waals surface area contributed by atoms with Gasteiger partial charge in [0.1, 0.15) is 5.82 Å². The molecule has 17 heavy (non-hydrogen) atoms. The fourth-order valence-electron chi connectivity index (χ4n) is 1.72. The van der Waals surface area contributed by atoms with Crippen LogP contribution in [0.2, 0.25) is 5.22 Å². The fraction of sp³-hybridized carbons (Fsp3) is 0.167. The number of nitrogens with two attached hydrogens (primary N) is 1. The van der Waals surface area contributed by atoms with Gasteiger partial charge in [0.15, 0.2) is 5.22 Å². The van der Waals surface area contributed by atoms with E-state index in [-0.39, 0.29) is 17.1 Å². The SMILES string of the molecule is Cc1cc(C(NN)c2ccoc2Cl)ccc1F. The predicted octanol–water partition coefficient (Wildman–Crippen LogP) is 2.93. The van der Waals surface area contributed by atoms with E-state index in [1.165, 1.54) is 12.3 Å². The summed E-state index contributed by atoms with van der Waals surface area (Å²) in [7, 11) is 0. The normalized spacial score (nSPS) is 12.7. The van der Waals surface area contributed by atoms with Crippen LogP contribution in [-0.2, 0) is 0 Å². The summed E-state index contributed by atoms with van der Waals surface area (Å²) in [5, 5.41) is 0.273. The molecule has 1 aromatic heterocycles. The highest BCUT2D eigenvalue weighted by atomic mass is 35.5. The maximum Gasteiger partial charge on any atom is 0.198 e. The van der Waals surface area contributed by atoms with E-state index in [1.54, 1.807) is 25.1 Å². The Balaban J connectivity index is 2.42. The number of benzene rings is 1. The van der Waals surface area contributed by atoms with Crippen LogP contribution >= 0.6 is 11.6 Å². The second kappa shape index (κ2) is 4.87. The van der Waals surface area contributed by atoms with Crippen molar-refractivity contribution in [2.24, 2.45) is 5.84 Å². The Morgan fingerprint density at radius 1 is 1.41 bits per heavy atom. The molecule has 3 N–H and O–H groups in total. The van der Waals surface area contributed by atoms with Gasteiger partial charge in [0.2, 0.25) is 0 Å². The average molecular weight is 255 g/mol. The molecule has 1 atom stereocenters. The number of nitrogens with one attached hydrogen (secondary N) is 1. The second-order valence-electron chi connectivity index (χ2n) is 3.76. The first-order valence-corrected chi connectivity index (χ1v) is 5.46. The summed E-state index contributed by atoms with van der Waals surface area (Å²) in [6.45, 7) is 1.70. The minimum absolute atomic E-state index is 0.247. The van der Waals surface area contributed by atoms with Crippen molar-refractivity contribution in [1.29, 1.82) is 0 Å². The maximum atomic E-state index is 13.2. The first-order chi connectivity index (χ1) is 8.13. The molecule has 0 bridgehead atoms. The van der Waals surface area contributed by atoms with Gasteiger partial charge in [-0.1, -0.05) is 12.1 Å². The van der Waals surface area contributed by atoms with Crippen LogP contribution in [0.3, 0.4) is 0 Å². The molecule has 0 saturated carbocycles. The Morgan fingerprint density at radius 3 is 2.71 bits per heavy atom. The van der Waals surface area contributed by atoms with Crippen LogP contribution in [-0.4, -0.2) is 0 Å². The Kier molecular flexibility index (Phi) is 3.47. The zero-order valence-corrected chi connectivity index (χ0v) is 9.96. The summed E-state index contributed by atoms with van der Waals surface area (Å²) >= 11 is 5.90. The van der Waals surface area contributed by atoms with Crippen molar-refractivity contribution in [3.8, 4) is 0 Å². The third kappa shape index (κ3) is 2.34. The molecule has 3 nitrogen and oxygen atoms in total. The van der Waals surface area contributed by atoms with Crippen LogP contribution in [0.5, 0.6) is 0 Å². The van der Waals surface area contributed by atoms with E-state index in [2.05, 4.69) is 5.43 Å². The number of rotatable bonds is 3. The fourth-order valence-corrected chi connectivity index (χ4v) is 1.95. The van der Waals surface area contributed by atoms with Gasteiger partial charge in [-0.05, 0) is 41.8 Å². The van der Waals surface area contributed by atoms with Crippen LogP contribution in [0.4, 0.5) is 4.39 Å². The van der Waals surface area contributed by atoms with Crippen molar-refractivity contribution in [3.63, 3.8) is 0 Å². The van der Waals surface area contributed by atoms with Gasteiger partial charge in [0, 0.05) is 5.56 Å². The number of furan rings is 1. The van der Waals surface area contributed by atoms with Crippen molar-refractivity contribution >= 4 is 11.6 Å². The summed E-state index contributed by atoms with van der Waals surface area (Å²) in [5.41, 5.74) is 4.75. The summed E-state index contributed by atoms with van der Waals surface area (Å²) in [6, 6.07) is 6.20. The van der Waals surface area contributed by atoms with Gasteiger partial charge in [-0.25, -0.2) is 9.82 Å². The molecule has 0 aliphatic carbocycles. The molecule has 1 unspecified atom stereocenters. The van der Waals surface area contributed by atoms with E-state index in [1.807, 2.05) is 0 Å². The molecule has 1 aromatic carbocycles. The number of hydrogen-bond donors (Lipinski definition) is 2. The molecule has 0 aliphatic heterocycles.